The van der Waals surface area contributed by atoms with Crippen molar-refractivity contribution in [1.82, 2.24) is 25.3 Å². The number of amides is 2. The molecule has 2 amide bonds. The van der Waals surface area contributed by atoms with Crippen LogP contribution in [-0.4, -0.2) is 56.2 Å². The zero-order valence-electron chi connectivity index (χ0n) is 24.8. The summed E-state index contributed by atoms with van der Waals surface area (Å²) in [7, 11) is 0. The Morgan fingerprint density at radius 3 is 2.40 bits per heavy atom. The topological polar surface area (TPSA) is 165 Å². The number of halogens is 5. The number of nitrogens with two attached hydrogens (primary N) is 1. The van der Waals surface area contributed by atoms with Gasteiger partial charge in [0, 0.05) is 28.3 Å². The predicted molar refractivity (Wildman–Crippen MR) is 161 cm³/mol. The van der Waals surface area contributed by atoms with Crippen LogP contribution in [-0.2, 0) is 15.8 Å². The number of nitrogens with zero attached hydrogens (tertiary/aromatic N) is 4. The van der Waals surface area contributed by atoms with E-state index in [0.717, 1.165) is 30.6 Å². The molecular formula is C32H24F5N7O4. The molecule has 0 spiro atoms. The number of hydrogen-bond acceptors (Lipinski definition) is 9. The first-order valence-electron chi connectivity index (χ1n) is 14.1. The van der Waals surface area contributed by atoms with Crippen LogP contribution in [0.2, 0.25) is 0 Å². The van der Waals surface area contributed by atoms with Gasteiger partial charge in [-0.1, -0.05) is 6.07 Å². The molecule has 2 aromatic carbocycles. The summed E-state index contributed by atoms with van der Waals surface area (Å²) in [6.45, 7) is -0.369. The smallest absolute Gasteiger partial charge is 0.424 e. The standard InChI is InChI=1S/C32H24F5N7O4/c1-30(28(38)46)15-48-26-21(30)11-23(44-25(26)16-4-6-19(33)7-5-16)31(47,32(35,36)37)14-42-27(45)18-9-17-3-2-8-39-24(17)22(10-18)43-29-40-12-20(34)13-41-29/h2-13,47H,14-15H2,1H3,(H2,38,46)(H,42,45)(H,40,41,43)/t30-,31-/m0/s1. The zero-order chi connectivity index (χ0) is 34.4. The Bertz CT molecular complexity index is 2060. The van der Waals surface area contributed by atoms with Crippen molar-refractivity contribution in [2.24, 2.45) is 5.73 Å². The molecule has 5 aromatic rings. The number of anilines is 2. The maximum atomic E-state index is 14.8. The average Bonchev–Trinajstić information content (AvgIpc) is 3.41. The second kappa shape index (κ2) is 11.8. The van der Waals surface area contributed by atoms with E-state index in [0.29, 0.717) is 10.9 Å². The van der Waals surface area contributed by atoms with E-state index in [9.17, 15) is 36.6 Å². The van der Waals surface area contributed by atoms with Crippen molar-refractivity contribution in [3.8, 4) is 17.0 Å². The number of carbonyl (C=O) groups is 2. The molecule has 6 rings (SSSR count). The highest BCUT2D eigenvalue weighted by Crippen LogP contribution is 2.47. The minimum Gasteiger partial charge on any atom is -0.489 e. The van der Waals surface area contributed by atoms with Crippen molar-refractivity contribution in [3.63, 3.8) is 0 Å². The number of ether oxygens (including phenoxy) is 1. The highest BCUT2D eigenvalue weighted by molar-refractivity contribution is 6.02. The van der Waals surface area contributed by atoms with Gasteiger partial charge in [0.15, 0.2) is 5.82 Å². The summed E-state index contributed by atoms with van der Waals surface area (Å²) in [4.78, 5) is 41.8. The highest BCUT2D eigenvalue weighted by Gasteiger charge is 2.57. The first kappa shape index (κ1) is 32.2. The van der Waals surface area contributed by atoms with Gasteiger partial charge in [-0.15, -0.1) is 0 Å². The summed E-state index contributed by atoms with van der Waals surface area (Å²) in [5, 5.41) is 16.7. The van der Waals surface area contributed by atoms with Crippen LogP contribution in [0.1, 0.15) is 28.5 Å². The van der Waals surface area contributed by atoms with Crippen LogP contribution in [0.3, 0.4) is 0 Å². The lowest BCUT2D eigenvalue weighted by Crippen LogP contribution is -2.51. The van der Waals surface area contributed by atoms with Gasteiger partial charge >= 0.3 is 6.18 Å². The second-order valence-electron chi connectivity index (χ2n) is 11.2. The molecule has 246 valence electrons. The van der Waals surface area contributed by atoms with E-state index in [2.05, 4.69) is 30.6 Å². The van der Waals surface area contributed by atoms with Crippen molar-refractivity contribution in [1.29, 1.82) is 0 Å². The minimum atomic E-state index is -5.41. The number of aromatic nitrogens is 4. The van der Waals surface area contributed by atoms with Gasteiger partial charge in [0.05, 0.1) is 35.8 Å². The molecule has 0 unspecified atom stereocenters. The van der Waals surface area contributed by atoms with Crippen LogP contribution < -0.4 is 21.1 Å². The molecule has 3 aromatic heterocycles. The monoisotopic (exact) mass is 665 g/mol. The lowest BCUT2D eigenvalue weighted by atomic mass is 9.81. The number of carbonyl (C=O) groups excluding carboxylic acids is 2. The first-order valence-corrected chi connectivity index (χ1v) is 14.1. The van der Waals surface area contributed by atoms with E-state index >= 15 is 0 Å². The first-order chi connectivity index (χ1) is 22.7. The van der Waals surface area contributed by atoms with E-state index in [-0.39, 0.29) is 46.4 Å². The SMILES string of the molecule is C[C@]1(C(N)=O)COc2c1cc([C@@](O)(CNC(=O)c1cc(Nc3ncc(F)cn3)c3ncccc3c1)C(F)(F)F)nc2-c1ccc(F)cc1. The molecule has 1 aliphatic rings. The van der Waals surface area contributed by atoms with Gasteiger partial charge < -0.3 is 26.2 Å². The van der Waals surface area contributed by atoms with Gasteiger partial charge in [-0.25, -0.2) is 23.7 Å². The molecule has 0 bridgehead atoms. The summed E-state index contributed by atoms with van der Waals surface area (Å²) in [5.41, 5.74) is -0.506. The molecule has 0 aliphatic carbocycles. The van der Waals surface area contributed by atoms with Gasteiger partial charge in [-0.3, -0.25) is 14.6 Å². The van der Waals surface area contributed by atoms with Crippen LogP contribution in [0.4, 0.5) is 33.6 Å². The van der Waals surface area contributed by atoms with E-state index < -0.39 is 52.9 Å². The van der Waals surface area contributed by atoms with Gasteiger partial charge in [0.25, 0.3) is 5.91 Å². The van der Waals surface area contributed by atoms with Crippen LogP contribution >= 0.6 is 0 Å². The minimum absolute atomic E-state index is 0.0426. The zero-order valence-corrected chi connectivity index (χ0v) is 24.8. The van der Waals surface area contributed by atoms with E-state index in [1.54, 1.807) is 12.1 Å². The molecule has 0 saturated heterocycles. The summed E-state index contributed by atoms with van der Waals surface area (Å²) in [6.07, 6.45) is -2.12. The molecule has 4 heterocycles. The van der Waals surface area contributed by atoms with Crippen LogP contribution in [0.5, 0.6) is 5.75 Å². The third-order valence-electron chi connectivity index (χ3n) is 7.97. The molecule has 2 atom stereocenters. The quantitative estimate of drug-likeness (QED) is 0.176. The molecule has 11 nitrogen and oxygen atoms in total. The Morgan fingerprint density at radius 2 is 1.73 bits per heavy atom. The summed E-state index contributed by atoms with van der Waals surface area (Å²) in [5.74, 6) is -3.35. The number of pyridine rings is 2. The number of fused-ring (bicyclic) bond motifs is 2. The lowest BCUT2D eigenvalue weighted by Gasteiger charge is -2.31. The number of aliphatic hydroxyl groups is 1. The Kier molecular flexibility index (Phi) is 7.91. The largest absolute Gasteiger partial charge is 0.489 e. The van der Waals surface area contributed by atoms with Gasteiger partial charge in [-0.05, 0) is 55.5 Å². The fourth-order valence-corrected chi connectivity index (χ4v) is 5.16. The fraction of sp³-hybridized carbons (Fsp3) is 0.188. The van der Waals surface area contributed by atoms with Gasteiger partial charge in [0.2, 0.25) is 17.5 Å². The highest BCUT2D eigenvalue weighted by atomic mass is 19.4. The predicted octanol–water partition coefficient (Wildman–Crippen LogP) is 4.42. The Hall–Kier alpha value is -5.77. The van der Waals surface area contributed by atoms with E-state index in [4.69, 9.17) is 10.5 Å². The molecular weight excluding hydrogens is 641 g/mol. The third-order valence-corrected chi connectivity index (χ3v) is 7.97. The molecule has 1 aliphatic heterocycles. The van der Waals surface area contributed by atoms with Gasteiger partial charge in [0.1, 0.15) is 29.3 Å². The molecule has 0 fully saturated rings. The number of primary amides is 1. The number of nitrogens with one attached hydrogen (secondary N) is 2. The number of rotatable bonds is 8. The summed E-state index contributed by atoms with van der Waals surface area (Å²) < 4.78 is 77.1. The molecule has 16 heteroatoms. The number of benzene rings is 2. The lowest BCUT2D eigenvalue weighted by molar-refractivity contribution is -0.265. The summed E-state index contributed by atoms with van der Waals surface area (Å²) >= 11 is 0. The fourth-order valence-electron chi connectivity index (χ4n) is 5.16. The maximum Gasteiger partial charge on any atom is 0.424 e. The Balaban J connectivity index is 1.39. The van der Waals surface area contributed by atoms with E-state index in [1.165, 1.54) is 37.4 Å². The molecule has 48 heavy (non-hydrogen) atoms. The normalized spacial score (nSPS) is 16.9. The average molecular weight is 666 g/mol. The Labute approximate surface area is 268 Å². The van der Waals surface area contributed by atoms with Crippen molar-refractivity contribution >= 4 is 34.4 Å². The number of alkyl halides is 3. The van der Waals surface area contributed by atoms with Crippen LogP contribution in [0, 0.1) is 11.6 Å². The maximum absolute atomic E-state index is 14.8. The molecule has 0 saturated carbocycles. The van der Waals surface area contributed by atoms with Gasteiger partial charge in [-0.2, -0.15) is 13.2 Å². The third kappa shape index (κ3) is 5.70. The van der Waals surface area contributed by atoms with Crippen molar-refractivity contribution < 1.29 is 41.4 Å². The van der Waals surface area contributed by atoms with Crippen LogP contribution in [0.15, 0.2) is 73.2 Å². The number of hydrogen-bond donors (Lipinski definition) is 4. The van der Waals surface area contributed by atoms with Crippen LogP contribution in [0.25, 0.3) is 22.2 Å². The summed E-state index contributed by atoms with van der Waals surface area (Å²) in [6, 6.07) is 11.3. The Morgan fingerprint density at radius 1 is 1.02 bits per heavy atom. The molecule has 5 N–H and O–H groups in total. The molecule has 0 radical (unpaired) electrons. The van der Waals surface area contributed by atoms with Crippen molar-refractivity contribution in [2.75, 3.05) is 18.5 Å². The van der Waals surface area contributed by atoms with Crippen molar-refractivity contribution in [2.45, 2.75) is 24.1 Å². The van der Waals surface area contributed by atoms with Crippen molar-refractivity contribution in [3.05, 3.63) is 102 Å². The second-order valence-corrected chi connectivity index (χ2v) is 11.2. The van der Waals surface area contributed by atoms with E-state index in [1.807, 2.05) is 0 Å².